The quantitative estimate of drug-likeness (QED) is 0.659. The van der Waals surface area contributed by atoms with Crippen LogP contribution in [0.4, 0.5) is 0 Å². The van der Waals surface area contributed by atoms with E-state index in [0.717, 1.165) is 21.5 Å². The molecule has 3 rings (SSSR count). The molecule has 20 heavy (non-hydrogen) atoms. The fourth-order valence-electron chi connectivity index (χ4n) is 2.18. The minimum atomic E-state index is 0.141. The van der Waals surface area contributed by atoms with Crippen molar-refractivity contribution in [1.29, 1.82) is 0 Å². The average Bonchev–Trinajstić information content (AvgIpc) is 3.01. The second-order valence-corrected chi connectivity index (χ2v) is 6.44. The van der Waals surface area contributed by atoms with Gasteiger partial charge in [0, 0.05) is 22.0 Å². The van der Waals surface area contributed by atoms with Crippen molar-refractivity contribution >= 4 is 38.0 Å². The summed E-state index contributed by atoms with van der Waals surface area (Å²) >= 11 is 4.97. The summed E-state index contributed by atoms with van der Waals surface area (Å²) in [6.45, 7) is 2.00. The van der Waals surface area contributed by atoms with Gasteiger partial charge in [-0.1, -0.05) is 28.1 Å². The molecular formula is C15H13BrN2OS. The molecule has 2 aromatic heterocycles. The lowest BCUT2D eigenvalue weighted by Crippen LogP contribution is -2.05. The molecule has 0 saturated carbocycles. The molecule has 2 heterocycles. The molecule has 3 nitrogen and oxygen atoms in total. The molecular weight excluding hydrogens is 336 g/mol. The normalized spacial score (nSPS) is 11.1. The molecule has 0 fully saturated rings. The topological polar surface area (TPSA) is 34.4 Å². The number of rotatable bonds is 4. The number of aromatic nitrogens is 2. The molecule has 0 amide bonds. The van der Waals surface area contributed by atoms with Crippen LogP contribution in [0.15, 0.2) is 40.3 Å². The van der Waals surface area contributed by atoms with Crippen LogP contribution in [0.2, 0.25) is 0 Å². The molecule has 0 aliphatic heterocycles. The van der Waals surface area contributed by atoms with Crippen LogP contribution < -0.4 is 0 Å². The molecule has 0 atom stereocenters. The Morgan fingerprint density at radius 2 is 2.10 bits per heavy atom. The Morgan fingerprint density at radius 3 is 2.85 bits per heavy atom. The molecule has 0 N–H and O–H groups in total. The molecule has 102 valence electrons. The van der Waals surface area contributed by atoms with Gasteiger partial charge in [0.05, 0.1) is 6.20 Å². The Morgan fingerprint density at radius 1 is 1.35 bits per heavy atom. The zero-order chi connectivity index (χ0) is 14.1. The SMILES string of the molecule is Cc1csc2ncc(C(=O)CCc3ccc(Br)cc3)n12. The number of hydrogen-bond donors (Lipinski definition) is 0. The molecule has 0 spiro atoms. The highest BCUT2D eigenvalue weighted by molar-refractivity contribution is 9.10. The number of nitrogens with zero attached hydrogens (tertiary/aromatic N) is 2. The van der Waals surface area contributed by atoms with Crippen molar-refractivity contribution in [1.82, 2.24) is 9.38 Å². The third-order valence-corrected chi connectivity index (χ3v) is 4.74. The summed E-state index contributed by atoms with van der Waals surface area (Å²) in [5, 5.41) is 2.02. The Hall–Kier alpha value is -1.46. The molecule has 0 aliphatic carbocycles. The maximum atomic E-state index is 12.3. The molecule has 0 saturated heterocycles. The lowest BCUT2D eigenvalue weighted by molar-refractivity contribution is 0.0977. The number of Topliss-reactive ketones (excluding diaryl/α,β-unsaturated/α-hetero) is 1. The van der Waals surface area contributed by atoms with Crippen LogP contribution in [-0.2, 0) is 6.42 Å². The minimum Gasteiger partial charge on any atom is -0.292 e. The number of fused-ring (bicyclic) bond motifs is 1. The third-order valence-electron chi connectivity index (χ3n) is 3.26. The molecule has 0 radical (unpaired) electrons. The van der Waals surface area contributed by atoms with Gasteiger partial charge in [-0.2, -0.15) is 0 Å². The minimum absolute atomic E-state index is 0.141. The summed E-state index contributed by atoms with van der Waals surface area (Å²) in [7, 11) is 0. The number of thiazole rings is 1. The van der Waals surface area contributed by atoms with Gasteiger partial charge in [-0.15, -0.1) is 11.3 Å². The van der Waals surface area contributed by atoms with Crippen molar-refractivity contribution in [2.24, 2.45) is 0 Å². The van der Waals surface area contributed by atoms with Gasteiger partial charge in [-0.25, -0.2) is 4.98 Å². The van der Waals surface area contributed by atoms with Gasteiger partial charge in [-0.05, 0) is 31.0 Å². The van der Waals surface area contributed by atoms with E-state index in [1.54, 1.807) is 17.5 Å². The zero-order valence-electron chi connectivity index (χ0n) is 11.0. The fraction of sp³-hybridized carbons (Fsp3) is 0.200. The first kappa shape index (κ1) is 13.5. The highest BCUT2D eigenvalue weighted by Crippen LogP contribution is 2.19. The smallest absolute Gasteiger partial charge is 0.194 e. The highest BCUT2D eigenvalue weighted by Gasteiger charge is 2.14. The van der Waals surface area contributed by atoms with E-state index in [1.165, 1.54) is 5.56 Å². The second-order valence-electron chi connectivity index (χ2n) is 4.69. The van der Waals surface area contributed by atoms with Crippen molar-refractivity contribution in [3.05, 3.63) is 57.3 Å². The fourth-order valence-corrected chi connectivity index (χ4v) is 3.29. The molecule has 0 aliphatic rings. The first-order chi connectivity index (χ1) is 9.65. The maximum absolute atomic E-state index is 12.3. The molecule has 0 unspecified atom stereocenters. The van der Waals surface area contributed by atoms with E-state index in [9.17, 15) is 4.79 Å². The number of benzene rings is 1. The van der Waals surface area contributed by atoms with Gasteiger partial charge in [0.15, 0.2) is 10.7 Å². The lowest BCUT2D eigenvalue weighted by Gasteiger charge is -2.02. The first-order valence-corrected chi connectivity index (χ1v) is 8.01. The zero-order valence-corrected chi connectivity index (χ0v) is 13.4. The van der Waals surface area contributed by atoms with Gasteiger partial charge < -0.3 is 0 Å². The second kappa shape index (κ2) is 5.50. The van der Waals surface area contributed by atoms with Crippen LogP contribution in [0.25, 0.3) is 4.96 Å². The number of carbonyl (C=O) groups is 1. The Kier molecular flexibility index (Phi) is 3.72. The number of ketones is 1. The number of imidazole rings is 1. The molecule has 3 aromatic rings. The highest BCUT2D eigenvalue weighted by atomic mass is 79.9. The Balaban J connectivity index is 1.76. The molecule has 0 bridgehead atoms. The Labute approximate surface area is 129 Å². The van der Waals surface area contributed by atoms with Gasteiger partial charge >= 0.3 is 0 Å². The predicted octanol–water partition coefficient (Wildman–Crippen LogP) is 4.28. The van der Waals surface area contributed by atoms with Crippen LogP contribution >= 0.6 is 27.3 Å². The van der Waals surface area contributed by atoms with Crippen molar-refractivity contribution < 1.29 is 4.79 Å². The number of halogens is 1. The van der Waals surface area contributed by atoms with Crippen molar-refractivity contribution in [3.8, 4) is 0 Å². The number of aryl methyl sites for hydroxylation is 2. The summed E-state index contributed by atoms with van der Waals surface area (Å²) in [5.74, 6) is 0.141. The number of hydrogen-bond acceptors (Lipinski definition) is 3. The van der Waals surface area contributed by atoms with Gasteiger partial charge in [-0.3, -0.25) is 9.20 Å². The summed E-state index contributed by atoms with van der Waals surface area (Å²) < 4.78 is 2.99. The monoisotopic (exact) mass is 348 g/mol. The summed E-state index contributed by atoms with van der Waals surface area (Å²) in [6, 6.07) is 8.08. The number of carbonyl (C=O) groups excluding carboxylic acids is 1. The van der Waals surface area contributed by atoms with Crippen molar-refractivity contribution in [2.45, 2.75) is 19.8 Å². The maximum Gasteiger partial charge on any atom is 0.194 e. The summed E-state index contributed by atoms with van der Waals surface area (Å²) in [4.78, 5) is 17.5. The van der Waals surface area contributed by atoms with E-state index < -0.39 is 0 Å². The summed E-state index contributed by atoms with van der Waals surface area (Å²) in [6.07, 6.45) is 2.94. The average molecular weight is 349 g/mol. The predicted molar refractivity (Wildman–Crippen MR) is 84.6 cm³/mol. The van der Waals surface area contributed by atoms with Crippen LogP contribution in [0.1, 0.15) is 28.2 Å². The van der Waals surface area contributed by atoms with E-state index in [2.05, 4.69) is 20.9 Å². The largest absolute Gasteiger partial charge is 0.292 e. The van der Waals surface area contributed by atoms with Crippen molar-refractivity contribution in [2.75, 3.05) is 0 Å². The van der Waals surface area contributed by atoms with Crippen LogP contribution in [0.3, 0.4) is 0 Å². The lowest BCUT2D eigenvalue weighted by atomic mass is 10.1. The molecule has 1 aromatic carbocycles. The summed E-state index contributed by atoms with van der Waals surface area (Å²) in [5.41, 5.74) is 2.93. The van der Waals surface area contributed by atoms with E-state index in [-0.39, 0.29) is 5.78 Å². The van der Waals surface area contributed by atoms with Crippen LogP contribution in [0, 0.1) is 6.92 Å². The standard InChI is InChI=1S/C15H13BrN2OS/c1-10-9-20-15-17-8-13(18(10)15)14(19)7-4-11-2-5-12(16)6-3-11/h2-3,5-6,8-9H,4,7H2,1H3. The van der Waals surface area contributed by atoms with Crippen LogP contribution in [-0.4, -0.2) is 15.2 Å². The first-order valence-electron chi connectivity index (χ1n) is 6.34. The Bertz CT molecular complexity index is 758. The van der Waals surface area contributed by atoms with E-state index >= 15 is 0 Å². The third kappa shape index (κ3) is 2.55. The van der Waals surface area contributed by atoms with Crippen LogP contribution in [0.5, 0.6) is 0 Å². The molecule has 5 heteroatoms. The van der Waals surface area contributed by atoms with Gasteiger partial charge in [0.25, 0.3) is 0 Å². The van der Waals surface area contributed by atoms with E-state index in [1.807, 2.05) is 41.0 Å². The van der Waals surface area contributed by atoms with E-state index in [0.29, 0.717) is 12.1 Å². The van der Waals surface area contributed by atoms with E-state index in [4.69, 9.17) is 0 Å². The van der Waals surface area contributed by atoms with Crippen molar-refractivity contribution in [3.63, 3.8) is 0 Å². The van der Waals surface area contributed by atoms with Gasteiger partial charge in [0.2, 0.25) is 0 Å². The van der Waals surface area contributed by atoms with Gasteiger partial charge in [0.1, 0.15) is 5.69 Å².